The van der Waals surface area contributed by atoms with Crippen LogP contribution in [0.2, 0.25) is 0 Å². The Labute approximate surface area is 120 Å². The van der Waals surface area contributed by atoms with E-state index in [0.29, 0.717) is 0 Å². The van der Waals surface area contributed by atoms with Crippen LogP contribution in [0.4, 0.5) is 0 Å². The van der Waals surface area contributed by atoms with Gasteiger partial charge in [-0.2, -0.15) is 0 Å². The zero-order chi connectivity index (χ0) is 12.3. The van der Waals surface area contributed by atoms with Crippen LogP contribution in [0.25, 0.3) is 4.83 Å². The molecule has 6 heteroatoms. The summed E-state index contributed by atoms with van der Waals surface area (Å²) in [5.74, 6) is 0. The molecule has 0 amide bonds. The van der Waals surface area contributed by atoms with Gasteiger partial charge in [0.2, 0.25) is 0 Å². The number of rotatable bonds is 3. The smallest absolute Gasteiger partial charge is 0.491 e. The summed E-state index contributed by atoms with van der Waals surface area (Å²) in [6.07, 6.45) is 3.90. The van der Waals surface area contributed by atoms with Crippen molar-refractivity contribution in [3.63, 3.8) is 0 Å². The zero-order valence-electron chi connectivity index (χ0n) is 10.8. The summed E-state index contributed by atoms with van der Waals surface area (Å²) in [6.45, 7) is 1.91. The number of benzene rings is 1. The summed E-state index contributed by atoms with van der Waals surface area (Å²) in [5, 5.41) is 3.85. The third kappa shape index (κ3) is 3.87. The predicted molar refractivity (Wildman–Crippen MR) is 67.6 cm³/mol. The third-order valence-electron chi connectivity index (χ3n) is 2.79. The molecule has 2 rings (SSSR count). The van der Waals surface area contributed by atoms with Crippen molar-refractivity contribution in [2.24, 2.45) is 5.10 Å². The maximum atomic E-state index is 11.8. The first-order valence-corrected chi connectivity index (χ1v) is 7.11. The molecule has 0 bridgehead atoms. The minimum Gasteiger partial charge on any atom is -0.491 e. The molecule has 4 nitrogen and oxygen atoms in total. The molecule has 0 saturated heterocycles. The van der Waals surface area contributed by atoms with Crippen molar-refractivity contribution >= 4 is 15.7 Å². The van der Waals surface area contributed by atoms with Gasteiger partial charge in [-0.05, 0) is 50.5 Å². The quantitative estimate of drug-likeness (QED) is 0.565. The molecular formula is C12H15LiN2O2S. The van der Waals surface area contributed by atoms with E-state index < -0.39 is 10.0 Å². The van der Waals surface area contributed by atoms with Crippen molar-refractivity contribution in [2.75, 3.05) is 0 Å². The fraction of sp³-hybridized carbons (Fsp3) is 0.417. The van der Waals surface area contributed by atoms with Crippen molar-refractivity contribution in [1.82, 2.24) is 0 Å². The van der Waals surface area contributed by atoms with Gasteiger partial charge in [0.1, 0.15) is 10.0 Å². The molecule has 0 atom stereocenters. The number of aryl methyl sites for hydroxylation is 1. The van der Waals surface area contributed by atoms with Crippen molar-refractivity contribution in [1.29, 1.82) is 0 Å². The SMILES string of the molecule is Cc1ccc(S(=O)(=O)[N-]N=C2CCCC2)cc1.[Li+]. The van der Waals surface area contributed by atoms with Gasteiger partial charge >= 0.3 is 18.9 Å². The van der Waals surface area contributed by atoms with E-state index >= 15 is 0 Å². The Kier molecular flexibility index (Phi) is 5.45. The summed E-state index contributed by atoms with van der Waals surface area (Å²) in [4.78, 5) is 3.70. The summed E-state index contributed by atoms with van der Waals surface area (Å²) >= 11 is 0. The van der Waals surface area contributed by atoms with E-state index in [9.17, 15) is 8.42 Å². The molecule has 1 fully saturated rings. The van der Waals surface area contributed by atoms with Crippen LogP contribution in [0.1, 0.15) is 31.2 Å². The molecule has 0 spiro atoms. The van der Waals surface area contributed by atoms with E-state index in [-0.39, 0.29) is 23.8 Å². The van der Waals surface area contributed by atoms with Gasteiger partial charge in [-0.15, -0.1) is 0 Å². The van der Waals surface area contributed by atoms with Crippen LogP contribution in [-0.2, 0) is 10.0 Å². The van der Waals surface area contributed by atoms with Gasteiger partial charge in [0.15, 0.2) is 0 Å². The maximum absolute atomic E-state index is 11.8. The number of hydrogen-bond acceptors (Lipinski definition) is 3. The van der Waals surface area contributed by atoms with Crippen molar-refractivity contribution < 1.29 is 27.3 Å². The largest absolute Gasteiger partial charge is 1.00 e. The van der Waals surface area contributed by atoms with E-state index in [4.69, 9.17) is 0 Å². The van der Waals surface area contributed by atoms with Crippen LogP contribution >= 0.6 is 0 Å². The minimum absolute atomic E-state index is 0. The molecule has 0 aliphatic heterocycles. The van der Waals surface area contributed by atoms with Gasteiger partial charge in [-0.3, -0.25) is 0 Å². The van der Waals surface area contributed by atoms with Crippen LogP contribution in [0.3, 0.4) is 0 Å². The molecule has 0 aromatic heterocycles. The fourth-order valence-electron chi connectivity index (χ4n) is 1.75. The van der Waals surface area contributed by atoms with Crippen LogP contribution < -0.4 is 18.9 Å². The normalized spacial score (nSPS) is 15.1. The molecule has 1 aliphatic rings. The second-order valence-corrected chi connectivity index (χ2v) is 5.83. The predicted octanol–water partition coefficient (Wildman–Crippen LogP) is -0.00858. The first-order chi connectivity index (χ1) is 8.08. The Morgan fingerprint density at radius 3 is 2.22 bits per heavy atom. The van der Waals surface area contributed by atoms with Crippen molar-refractivity contribution in [3.05, 3.63) is 34.7 Å². The van der Waals surface area contributed by atoms with Crippen molar-refractivity contribution in [2.45, 2.75) is 37.5 Å². The van der Waals surface area contributed by atoms with Crippen LogP contribution in [0.15, 0.2) is 34.3 Å². The summed E-state index contributed by atoms with van der Waals surface area (Å²) < 4.78 is 23.7. The van der Waals surface area contributed by atoms with Gasteiger partial charge in [-0.25, -0.2) is 8.42 Å². The average molecular weight is 258 g/mol. The van der Waals surface area contributed by atoms with E-state index in [1.165, 1.54) is 0 Å². The van der Waals surface area contributed by atoms with E-state index in [1.54, 1.807) is 24.3 Å². The Hall–Kier alpha value is -0.763. The Bertz CT molecular complexity index is 516. The summed E-state index contributed by atoms with van der Waals surface area (Å²) in [5.41, 5.74) is 1.91. The number of hydrogen-bond donors (Lipinski definition) is 0. The van der Waals surface area contributed by atoms with Gasteiger partial charge in [0, 0.05) is 0 Å². The molecular weight excluding hydrogens is 243 g/mol. The van der Waals surface area contributed by atoms with E-state index in [2.05, 4.69) is 9.93 Å². The number of sulfonamides is 1. The Morgan fingerprint density at radius 1 is 1.11 bits per heavy atom. The van der Waals surface area contributed by atoms with E-state index in [1.807, 2.05) is 6.92 Å². The van der Waals surface area contributed by atoms with Crippen molar-refractivity contribution in [3.8, 4) is 0 Å². The van der Waals surface area contributed by atoms with Gasteiger partial charge in [-0.1, -0.05) is 17.7 Å². The molecule has 1 aromatic rings. The van der Waals surface area contributed by atoms with E-state index in [0.717, 1.165) is 37.0 Å². The molecule has 1 aromatic carbocycles. The molecule has 1 saturated carbocycles. The van der Waals surface area contributed by atoms with Crippen LogP contribution in [0, 0.1) is 6.92 Å². The van der Waals surface area contributed by atoms with Crippen LogP contribution in [-0.4, -0.2) is 14.1 Å². The number of nitrogens with zero attached hydrogens (tertiary/aromatic N) is 2. The molecule has 0 N–H and O–H groups in total. The first-order valence-electron chi connectivity index (χ1n) is 5.67. The zero-order valence-corrected chi connectivity index (χ0v) is 11.6. The summed E-state index contributed by atoms with van der Waals surface area (Å²) in [7, 11) is -3.63. The third-order valence-corrected chi connectivity index (χ3v) is 3.95. The monoisotopic (exact) mass is 258 g/mol. The topological polar surface area (TPSA) is 60.6 Å². The van der Waals surface area contributed by atoms with Gasteiger partial charge in [0.05, 0.1) is 4.90 Å². The molecule has 18 heavy (non-hydrogen) atoms. The summed E-state index contributed by atoms with van der Waals surface area (Å²) in [6, 6.07) is 6.63. The average Bonchev–Trinajstić information content (AvgIpc) is 2.80. The van der Waals surface area contributed by atoms with Crippen LogP contribution in [0.5, 0.6) is 0 Å². The minimum atomic E-state index is -3.63. The molecule has 0 heterocycles. The fourth-order valence-corrected chi connectivity index (χ4v) is 2.55. The second kappa shape index (κ2) is 6.42. The first kappa shape index (κ1) is 15.3. The molecule has 0 radical (unpaired) electrons. The standard InChI is InChI=1S/C12H15N2O2S.Li/c1-10-6-8-12(9-7-10)17(15,16)14-13-11-4-2-3-5-11;/h6-9H,2-5H2,1H3;/q-1;+1. The van der Waals surface area contributed by atoms with Gasteiger partial charge in [0.25, 0.3) is 0 Å². The Morgan fingerprint density at radius 2 is 1.67 bits per heavy atom. The second-order valence-electron chi connectivity index (χ2n) is 4.24. The molecule has 0 unspecified atom stereocenters. The Balaban J connectivity index is 0.00000162. The molecule has 1 aliphatic carbocycles. The maximum Gasteiger partial charge on any atom is 1.00 e. The molecule has 92 valence electrons. The van der Waals surface area contributed by atoms with Gasteiger partial charge < -0.3 is 9.93 Å².